The Balaban J connectivity index is 1.46. The van der Waals surface area contributed by atoms with E-state index in [0.29, 0.717) is 22.6 Å². The van der Waals surface area contributed by atoms with Crippen LogP contribution in [0.25, 0.3) is 6.08 Å². The minimum absolute atomic E-state index is 0.00623. The van der Waals surface area contributed by atoms with Crippen LogP contribution in [0.2, 0.25) is 0 Å². The molecule has 3 aromatic rings. The Morgan fingerprint density at radius 1 is 0.833 bits per heavy atom. The standard InChI is InChI=1S/C27H28N4O4S/c1-17-5-14-22(35-17)15-16-23(32)29-26(36)31-30-25(34)19-8-12-21(13-9-19)28-24(33)18-6-10-20(11-7-18)27(2,3)4/h5-16H,1-4H3,(H,28,33)(H,30,34)(H2,29,31,32,36)/b16-15+. The van der Waals surface area contributed by atoms with Crippen LogP contribution in [-0.2, 0) is 10.2 Å². The average molecular weight is 505 g/mol. The molecule has 0 saturated heterocycles. The van der Waals surface area contributed by atoms with Crippen LogP contribution in [0.5, 0.6) is 0 Å². The molecule has 186 valence electrons. The minimum atomic E-state index is -0.482. The summed E-state index contributed by atoms with van der Waals surface area (Å²) >= 11 is 5.01. The zero-order valence-electron chi connectivity index (χ0n) is 20.5. The molecule has 2 aromatic carbocycles. The van der Waals surface area contributed by atoms with Gasteiger partial charge in [0.1, 0.15) is 11.5 Å². The molecule has 0 aliphatic heterocycles. The number of amides is 3. The van der Waals surface area contributed by atoms with Gasteiger partial charge in [0.25, 0.3) is 11.8 Å². The van der Waals surface area contributed by atoms with Crippen molar-refractivity contribution in [3.63, 3.8) is 0 Å². The normalized spacial score (nSPS) is 11.1. The van der Waals surface area contributed by atoms with Gasteiger partial charge in [-0.05, 0) is 84.7 Å². The number of hydrogen-bond donors (Lipinski definition) is 4. The molecule has 0 saturated carbocycles. The third-order valence-electron chi connectivity index (χ3n) is 5.10. The van der Waals surface area contributed by atoms with Crippen LogP contribution < -0.4 is 21.5 Å². The van der Waals surface area contributed by atoms with Gasteiger partial charge in [-0.3, -0.25) is 30.6 Å². The lowest BCUT2D eigenvalue weighted by molar-refractivity contribution is -0.115. The molecule has 8 nitrogen and oxygen atoms in total. The number of hydrogen-bond acceptors (Lipinski definition) is 5. The molecule has 3 rings (SSSR count). The summed E-state index contributed by atoms with van der Waals surface area (Å²) in [5, 5.41) is 5.15. The van der Waals surface area contributed by atoms with Gasteiger partial charge in [-0.2, -0.15) is 0 Å². The summed E-state index contributed by atoms with van der Waals surface area (Å²) in [6.45, 7) is 8.14. The number of benzene rings is 2. The summed E-state index contributed by atoms with van der Waals surface area (Å²) in [6, 6.07) is 17.3. The number of hydrazine groups is 1. The first-order valence-electron chi connectivity index (χ1n) is 11.2. The summed E-state index contributed by atoms with van der Waals surface area (Å²) in [6.07, 6.45) is 2.77. The molecule has 0 unspecified atom stereocenters. The van der Waals surface area contributed by atoms with E-state index in [1.54, 1.807) is 55.5 Å². The Labute approximate surface area is 215 Å². The molecule has 1 aromatic heterocycles. The number of rotatable bonds is 5. The number of carbonyl (C=O) groups excluding carboxylic acids is 3. The van der Waals surface area contributed by atoms with Crippen molar-refractivity contribution in [1.82, 2.24) is 16.2 Å². The van der Waals surface area contributed by atoms with Gasteiger partial charge in [0, 0.05) is 22.9 Å². The highest BCUT2D eigenvalue weighted by atomic mass is 32.1. The molecule has 0 bridgehead atoms. The van der Waals surface area contributed by atoms with E-state index < -0.39 is 11.8 Å². The molecule has 0 fully saturated rings. The topological polar surface area (TPSA) is 112 Å². The number of furan rings is 1. The summed E-state index contributed by atoms with van der Waals surface area (Å²) in [7, 11) is 0. The Morgan fingerprint density at radius 2 is 1.44 bits per heavy atom. The van der Waals surface area contributed by atoms with Gasteiger partial charge in [-0.1, -0.05) is 32.9 Å². The molecule has 1 heterocycles. The highest BCUT2D eigenvalue weighted by molar-refractivity contribution is 7.80. The Kier molecular flexibility index (Phi) is 8.39. The van der Waals surface area contributed by atoms with Gasteiger partial charge in [-0.15, -0.1) is 0 Å². The smallest absolute Gasteiger partial charge is 0.269 e. The Morgan fingerprint density at radius 3 is 2.03 bits per heavy atom. The SMILES string of the molecule is Cc1ccc(/C=C/C(=O)NC(=S)NNC(=O)c2ccc(NC(=O)c3ccc(C(C)(C)C)cc3)cc2)o1. The molecule has 3 amide bonds. The van der Waals surface area contributed by atoms with Gasteiger partial charge in [0.05, 0.1) is 0 Å². The molecule has 0 aliphatic rings. The van der Waals surface area contributed by atoms with Crippen LogP contribution in [0.3, 0.4) is 0 Å². The maximum atomic E-state index is 12.5. The first-order valence-corrected chi connectivity index (χ1v) is 11.6. The van der Waals surface area contributed by atoms with E-state index in [1.807, 2.05) is 12.1 Å². The average Bonchev–Trinajstić information content (AvgIpc) is 3.26. The zero-order chi connectivity index (χ0) is 26.3. The maximum Gasteiger partial charge on any atom is 0.269 e. The quantitative estimate of drug-likeness (QED) is 0.231. The number of aryl methyl sites for hydroxylation is 1. The molecular weight excluding hydrogens is 476 g/mol. The predicted octanol–water partition coefficient (Wildman–Crippen LogP) is 4.49. The second-order valence-corrected chi connectivity index (χ2v) is 9.45. The van der Waals surface area contributed by atoms with E-state index in [-0.39, 0.29) is 16.4 Å². The van der Waals surface area contributed by atoms with Gasteiger partial charge >= 0.3 is 0 Å². The van der Waals surface area contributed by atoms with Crippen molar-refractivity contribution in [1.29, 1.82) is 0 Å². The van der Waals surface area contributed by atoms with Crippen LogP contribution in [0.1, 0.15) is 58.6 Å². The zero-order valence-corrected chi connectivity index (χ0v) is 21.3. The molecule has 0 atom stereocenters. The summed E-state index contributed by atoms with van der Waals surface area (Å²) in [4.78, 5) is 36.8. The van der Waals surface area contributed by atoms with Gasteiger partial charge in [0.15, 0.2) is 5.11 Å². The van der Waals surface area contributed by atoms with E-state index >= 15 is 0 Å². The number of anilines is 1. The van der Waals surface area contributed by atoms with Gasteiger partial charge in [-0.25, -0.2) is 0 Å². The Bertz CT molecular complexity index is 1290. The molecule has 36 heavy (non-hydrogen) atoms. The van der Waals surface area contributed by atoms with Crippen molar-refractivity contribution in [2.75, 3.05) is 5.32 Å². The van der Waals surface area contributed by atoms with Crippen molar-refractivity contribution in [3.05, 3.63) is 95.0 Å². The van der Waals surface area contributed by atoms with Crippen LogP contribution >= 0.6 is 12.2 Å². The fraction of sp³-hybridized carbons (Fsp3) is 0.185. The lowest BCUT2D eigenvalue weighted by atomic mass is 9.87. The summed E-state index contributed by atoms with van der Waals surface area (Å²) in [5.41, 5.74) is 7.45. The van der Waals surface area contributed by atoms with Gasteiger partial charge < -0.3 is 9.73 Å². The summed E-state index contributed by atoms with van der Waals surface area (Å²) in [5.74, 6) is 0.0728. The summed E-state index contributed by atoms with van der Waals surface area (Å²) < 4.78 is 5.34. The maximum absolute atomic E-state index is 12.5. The Hall–Kier alpha value is -4.24. The second kappa shape index (κ2) is 11.5. The fourth-order valence-corrected chi connectivity index (χ4v) is 3.25. The molecule has 0 radical (unpaired) electrons. The third-order valence-corrected chi connectivity index (χ3v) is 5.31. The van der Waals surface area contributed by atoms with Crippen molar-refractivity contribution in [3.8, 4) is 0 Å². The predicted molar refractivity (Wildman–Crippen MR) is 143 cm³/mol. The van der Waals surface area contributed by atoms with Crippen LogP contribution in [0.4, 0.5) is 5.69 Å². The first kappa shape index (κ1) is 26.4. The number of carbonyl (C=O) groups is 3. The lowest BCUT2D eigenvalue weighted by Gasteiger charge is -2.19. The molecule has 4 N–H and O–H groups in total. The van der Waals surface area contributed by atoms with Crippen LogP contribution in [0.15, 0.2) is 71.2 Å². The van der Waals surface area contributed by atoms with E-state index in [0.717, 1.165) is 11.3 Å². The lowest BCUT2D eigenvalue weighted by Crippen LogP contribution is -2.48. The second-order valence-electron chi connectivity index (χ2n) is 9.04. The van der Waals surface area contributed by atoms with Crippen LogP contribution in [0, 0.1) is 6.92 Å². The largest absolute Gasteiger partial charge is 0.462 e. The van der Waals surface area contributed by atoms with Crippen molar-refractivity contribution in [2.24, 2.45) is 0 Å². The number of thiocarbonyl (C=S) groups is 1. The molecular formula is C27H28N4O4S. The third kappa shape index (κ3) is 7.64. The number of nitrogens with one attached hydrogen (secondary N) is 4. The highest BCUT2D eigenvalue weighted by Crippen LogP contribution is 2.22. The van der Waals surface area contributed by atoms with E-state index in [9.17, 15) is 14.4 Å². The highest BCUT2D eigenvalue weighted by Gasteiger charge is 2.14. The minimum Gasteiger partial charge on any atom is -0.462 e. The monoisotopic (exact) mass is 504 g/mol. The molecule has 9 heteroatoms. The van der Waals surface area contributed by atoms with Crippen molar-refractivity contribution < 1.29 is 18.8 Å². The fourth-order valence-electron chi connectivity index (χ4n) is 3.10. The molecule has 0 spiro atoms. The van der Waals surface area contributed by atoms with Crippen molar-refractivity contribution in [2.45, 2.75) is 33.1 Å². The van der Waals surface area contributed by atoms with Crippen molar-refractivity contribution >= 4 is 46.8 Å². The van der Waals surface area contributed by atoms with E-state index in [2.05, 4.69) is 42.3 Å². The van der Waals surface area contributed by atoms with Crippen LogP contribution in [-0.4, -0.2) is 22.8 Å². The van der Waals surface area contributed by atoms with E-state index in [4.69, 9.17) is 16.6 Å². The van der Waals surface area contributed by atoms with Gasteiger partial charge in [0.2, 0.25) is 5.91 Å². The molecule has 0 aliphatic carbocycles. The first-order chi connectivity index (χ1) is 17.0. The van der Waals surface area contributed by atoms with E-state index in [1.165, 1.54) is 12.2 Å².